The highest BCUT2D eigenvalue weighted by atomic mass is 16.5. The highest BCUT2D eigenvalue weighted by Gasteiger charge is 2.29. The Labute approximate surface area is 157 Å². The molecule has 1 saturated heterocycles. The third-order valence-electron chi connectivity index (χ3n) is 4.60. The lowest BCUT2D eigenvalue weighted by molar-refractivity contribution is -0.140. The second-order valence-corrected chi connectivity index (χ2v) is 7.96. The van der Waals surface area contributed by atoms with Crippen molar-refractivity contribution in [3.05, 3.63) is 29.8 Å². The molecule has 1 aliphatic rings. The van der Waals surface area contributed by atoms with E-state index < -0.39 is 0 Å². The maximum atomic E-state index is 12.5. The molecule has 0 bridgehead atoms. The van der Waals surface area contributed by atoms with E-state index in [9.17, 15) is 9.59 Å². The number of hydrogen-bond acceptors (Lipinski definition) is 3. The van der Waals surface area contributed by atoms with Gasteiger partial charge in [0.2, 0.25) is 5.91 Å². The van der Waals surface area contributed by atoms with E-state index >= 15 is 0 Å². The Kier molecular flexibility index (Phi) is 7.06. The second kappa shape index (κ2) is 9.06. The summed E-state index contributed by atoms with van der Waals surface area (Å²) in [5.74, 6) is 0.848. The Hall–Kier alpha value is -2.04. The number of nitrogens with zero attached hydrogens (tertiary/aromatic N) is 2. The third-order valence-corrected chi connectivity index (χ3v) is 4.60. The van der Waals surface area contributed by atoms with Gasteiger partial charge in [-0.15, -0.1) is 0 Å². The summed E-state index contributed by atoms with van der Waals surface area (Å²) in [6.07, 6.45) is 2.97. The van der Waals surface area contributed by atoms with Gasteiger partial charge in [0.05, 0.1) is 0 Å². The Balaban J connectivity index is 1.83. The van der Waals surface area contributed by atoms with Gasteiger partial charge >= 0.3 is 0 Å². The van der Waals surface area contributed by atoms with Gasteiger partial charge in [-0.1, -0.05) is 46.2 Å². The van der Waals surface area contributed by atoms with Gasteiger partial charge in [0.15, 0.2) is 6.61 Å². The molecule has 1 fully saturated rings. The minimum atomic E-state index is -0.383. The summed E-state index contributed by atoms with van der Waals surface area (Å²) in [5.41, 5.74) is 0.897. The fraction of sp³-hybridized carbons (Fsp3) is 0.619. The fourth-order valence-electron chi connectivity index (χ4n) is 3.12. The Bertz CT molecular complexity index is 605. The third kappa shape index (κ3) is 5.75. The van der Waals surface area contributed by atoms with Crippen molar-refractivity contribution < 1.29 is 14.3 Å². The maximum absolute atomic E-state index is 12.5. The van der Waals surface area contributed by atoms with Crippen LogP contribution in [0.25, 0.3) is 0 Å². The van der Waals surface area contributed by atoms with Gasteiger partial charge in [0.1, 0.15) is 5.75 Å². The molecule has 0 radical (unpaired) electrons. The molecule has 1 heterocycles. The van der Waals surface area contributed by atoms with E-state index in [0.29, 0.717) is 26.2 Å². The predicted octanol–water partition coefficient (Wildman–Crippen LogP) is 3.12. The summed E-state index contributed by atoms with van der Waals surface area (Å²) in [6, 6.07) is 7.94. The minimum absolute atomic E-state index is 0.0207. The zero-order chi connectivity index (χ0) is 19.2. The van der Waals surface area contributed by atoms with E-state index in [1.165, 1.54) is 5.56 Å². The van der Waals surface area contributed by atoms with Crippen LogP contribution < -0.4 is 4.74 Å². The van der Waals surface area contributed by atoms with Crippen LogP contribution in [-0.4, -0.2) is 54.4 Å². The lowest BCUT2D eigenvalue weighted by atomic mass is 9.94. The van der Waals surface area contributed by atoms with Gasteiger partial charge in [-0.05, 0) is 30.5 Å². The van der Waals surface area contributed by atoms with Crippen LogP contribution >= 0.6 is 0 Å². The number of aryl methyl sites for hydroxylation is 1. The van der Waals surface area contributed by atoms with Gasteiger partial charge < -0.3 is 14.5 Å². The average Bonchev–Trinajstić information content (AvgIpc) is 2.86. The fourth-order valence-corrected chi connectivity index (χ4v) is 3.12. The van der Waals surface area contributed by atoms with Crippen LogP contribution in [0.2, 0.25) is 0 Å². The number of benzene rings is 1. The van der Waals surface area contributed by atoms with Crippen LogP contribution in [0.4, 0.5) is 0 Å². The van der Waals surface area contributed by atoms with Crippen molar-refractivity contribution >= 4 is 11.8 Å². The smallest absolute Gasteiger partial charge is 0.260 e. The van der Waals surface area contributed by atoms with Crippen molar-refractivity contribution in [2.45, 2.75) is 47.0 Å². The number of rotatable bonds is 5. The number of ether oxygens (including phenoxy) is 1. The molecule has 1 aliphatic heterocycles. The van der Waals surface area contributed by atoms with Crippen LogP contribution in [0.1, 0.15) is 46.1 Å². The quantitative estimate of drug-likeness (QED) is 0.811. The zero-order valence-electron chi connectivity index (χ0n) is 16.6. The number of carbonyl (C=O) groups excluding carboxylic acids is 2. The molecule has 1 aromatic rings. The van der Waals surface area contributed by atoms with Gasteiger partial charge in [0, 0.05) is 31.6 Å². The zero-order valence-corrected chi connectivity index (χ0v) is 16.6. The molecule has 0 spiro atoms. The van der Waals surface area contributed by atoms with Crippen LogP contribution in [0, 0.1) is 5.41 Å². The molecule has 0 N–H and O–H groups in total. The molecule has 0 aliphatic carbocycles. The predicted molar refractivity (Wildman–Crippen MR) is 103 cm³/mol. The minimum Gasteiger partial charge on any atom is -0.484 e. The molecule has 5 heteroatoms. The molecular weight excluding hydrogens is 328 g/mol. The molecule has 1 aromatic carbocycles. The van der Waals surface area contributed by atoms with Crippen LogP contribution in [-0.2, 0) is 16.0 Å². The van der Waals surface area contributed by atoms with Gasteiger partial charge in [-0.2, -0.15) is 0 Å². The largest absolute Gasteiger partial charge is 0.484 e. The Morgan fingerprint density at radius 3 is 2.23 bits per heavy atom. The summed E-state index contributed by atoms with van der Waals surface area (Å²) < 4.78 is 5.65. The number of amides is 2. The van der Waals surface area contributed by atoms with E-state index in [1.807, 2.05) is 49.9 Å². The molecule has 0 unspecified atom stereocenters. The van der Waals surface area contributed by atoms with Gasteiger partial charge in [-0.25, -0.2) is 0 Å². The van der Waals surface area contributed by atoms with Crippen LogP contribution in [0.3, 0.4) is 0 Å². The molecule has 26 heavy (non-hydrogen) atoms. The molecule has 0 saturated carbocycles. The van der Waals surface area contributed by atoms with Crippen molar-refractivity contribution in [1.29, 1.82) is 0 Å². The summed E-state index contributed by atoms with van der Waals surface area (Å²) in [6.45, 7) is 10.5. The molecule has 5 nitrogen and oxygen atoms in total. The van der Waals surface area contributed by atoms with Crippen molar-refractivity contribution in [3.8, 4) is 5.75 Å². The molecule has 0 atom stereocenters. The Morgan fingerprint density at radius 1 is 1.00 bits per heavy atom. The molecule has 0 aromatic heterocycles. The number of carbonyl (C=O) groups is 2. The first kappa shape index (κ1) is 20.3. The second-order valence-electron chi connectivity index (χ2n) is 7.96. The maximum Gasteiger partial charge on any atom is 0.260 e. The normalized spacial score (nSPS) is 15.5. The lowest BCUT2D eigenvalue weighted by Gasteiger charge is -2.28. The van der Waals surface area contributed by atoms with Crippen molar-refractivity contribution in [2.75, 3.05) is 32.8 Å². The summed E-state index contributed by atoms with van der Waals surface area (Å²) in [7, 11) is 0. The first-order valence-electron chi connectivity index (χ1n) is 9.60. The first-order chi connectivity index (χ1) is 12.3. The van der Waals surface area contributed by atoms with E-state index in [2.05, 4.69) is 6.92 Å². The van der Waals surface area contributed by atoms with E-state index in [1.54, 1.807) is 4.90 Å². The van der Waals surface area contributed by atoms with Crippen LogP contribution in [0.15, 0.2) is 24.3 Å². The van der Waals surface area contributed by atoms with Gasteiger partial charge in [0.25, 0.3) is 5.91 Å². The number of hydrogen-bond donors (Lipinski definition) is 0. The summed E-state index contributed by atoms with van der Waals surface area (Å²) in [5, 5.41) is 0. The van der Waals surface area contributed by atoms with Gasteiger partial charge in [-0.3, -0.25) is 9.59 Å². The molecule has 144 valence electrons. The van der Waals surface area contributed by atoms with E-state index in [4.69, 9.17) is 4.74 Å². The van der Waals surface area contributed by atoms with Crippen molar-refractivity contribution in [3.63, 3.8) is 0 Å². The lowest BCUT2D eigenvalue weighted by Crippen LogP contribution is -2.42. The van der Waals surface area contributed by atoms with Crippen LogP contribution in [0.5, 0.6) is 5.75 Å². The highest BCUT2D eigenvalue weighted by Crippen LogP contribution is 2.19. The SMILES string of the molecule is CCCc1ccc(OCC(=O)N2CCCN(C(=O)C(C)(C)C)CC2)cc1. The van der Waals surface area contributed by atoms with Crippen molar-refractivity contribution in [2.24, 2.45) is 5.41 Å². The average molecular weight is 360 g/mol. The first-order valence-corrected chi connectivity index (χ1v) is 9.60. The summed E-state index contributed by atoms with van der Waals surface area (Å²) >= 11 is 0. The highest BCUT2D eigenvalue weighted by molar-refractivity contribution is 5.82. The standard InChI is InChI=1S/C21H32N2O3/c1-5-7-17-8-10-18(11-9-17)26-16-19(24)22-12-6-13-23(15-14-22)20(25)21(2,3)4/h8-11H,5-7,12-16H2,1-4H3. The van der Waals surface area contributed by atoms with E-state index in [-0.39, 0.29) is 23.8 Å². The van der Waals surface area contributed by atoms with Crippen molar-refractivity contribution in [1.82, 2.24) is 9.80 Å². The van der Waals surface area contributed by atoms with E-state index in [0.717, 1.165) is 25.0 Å². The topological polar surface area (TPSA) is 49.9 Å². The molecule has 2 rings (SSSR count). The monoisotopic (exact) mass is 360 g/mol. The molecule has 2 amide bonds. The Morgan fingerprint density at radius 2 is 1.62 bits per heavy atom. The summed E-state index contributed by atoms with van der Waals surface area (Å²) in [4.78, 5) is 28.6. The molecular formula is C21H32N2O3.